The predicted molar refractivity (Wildman–Crippen MR) is 207 cm³/mol. The number of carboxylic acids is 1. The maximum absolute atomic E-state index is 13.3. The van der Waals surface area contributed by atoms with E-state index < -0.39 is 35.9 Å². The smallest absolute Gasteiger partial charge is 0.326 e. The van der Waals surface area contributed by atoms with E-state index >= 15 is 0 Å². The van der Waals surface area contributed by atoms with E-state index in [1.54, 1.807) is 20.1 Å². The van der Waals surface area contributed by atoms with Crippen LogP contribution in [-0.2, 0) is 33.4 Å². The summed E-state index contributed by atoms with van der Waals surface area (Å²) in [6, 6.07) is -0.977. The second-order valence-corrected chi connectivity index (χ2v) is 16.0. The summed E-state index contributed by atoms with van der Waals surface area (Å²) < 4.78 is 12.0. The molecule has 0 bridgehead atoms. The Hall–Kier alpha value is -3.21. The van der Waals surface area contributed by atoms with Gasteiger partial charge in [0.25, 0.3) is 5.91 Å². The third-order valence-electron chi connectivity index (χ3n) is 10.8. The topological polar surface area (TPSA) is 148 Å². The summed E-state index contributed by atoms with van der Waals surface area (Å²) in [6.07, 6.45) is 14.9. The third kappa shape index (κ3) is 15.2. The van der Waals surface area contributed by atoms with Crippen LogP contribution in [0.25, 0.3) is 0 Å². The number of piperidine rings is 1. The van der Waals surface area contributed by atoms with Crippen LogP contribution in [0.15, 0.2) is 47.6 Å². The van der Waals surface area contributed by atoms with Gasteiger partial charge in [-0.05, 0) is 87.7 Å². The molecular formula is C43H67NO9. The highest BCUT2D eigenvalue weighted by atomic mass is 16.5. The van der Waals surface area contributed by atoms with Gasteiger partial charge >= 0.3 is 5.97 Å². The van der Waals surface area contributed by atoms with Crippen LogP contribution >= 0.6 is 0 Å². The molecule has 0 unspecified atom stereocenters. The number of Topliss-reactive ketones (excluding diaryl/α,β-unsaturated/α-hetero) is 3. The molecule has 2 N–H and O–H groups in total. The van der Waals surface area contributed by atoms with Crippen LogP contribution in [-0.4, -0.2) is 88.5 Å². The second-order valence-electron chi connectivity index (χ2n) is 16.0. The number of carbonyl (C=O) groups excluding carboxylic acids is 4. The molecule has 0 saturated carbocycles. The Morgan fingerprint density at radius 3 is 2.26 bits per heavy atom. The zero-order valence-electron chi connectivity index (χ0n) is 33.7. The molecule has 0 aromatic heterocycles. The molecule has 0 radical (unpaired) electrons. The Bertz CT molecular complexity index is 1360. The molecule has 0 aliphatic carbocycles. The number of ketones is 3. The number of hydrogen-bond donors (Lipinski definition) is 2. The summed E-state index contributed by atoms with van der Waals surface area (Å²) in [5.74, 6) is -2.44. The molecule has 10 nitrogen and oxygen atoms in total. The van der Waals surface area contributed by atoms with Crippen molar-refractivity contribution in [2.75, 3.05) is 13.7 Å². The number of aliphatic carboxylic acids is 1. The highest BCUT2D eigenvalue weighted by molar-refractivity contribution is 6.38. The number of rotatable bonds is 21. The summed E-state index contributed by atoms with van der Waals surface area (Å²) in [5.41, 5.74) is 1.63. The lowest BCUT2D eigenvalue weighted by molar-refractivity contribution is -0.165. The van der Waals surface area contributed by atoms with Gasteiger partial charge in [0, 0.05) is 44.8 Å². The van der Waals surface area contributed by atoms with Gasteiger partial charge in [0.15, 0.2) is 0 Å². The first-order valence-electron chi connectivity index (χ1n) is 19.7. The summed E-state index contributed by atoms with van der Waals surface area (Å²) in [6.45, 7) is 15.9. The lowest BCUT2D eigenvalue weighted by atomic mass is 9.88. The van der Waals surface area contributed by atoms with Crippen LogP contribution in [0.1, 0.15) is 120 Å². The Morgan fingerprint density at radius 1 is 0.925 bits per heavy atom. The molecule has 9 atom stereocenters. The highest BCUT2D eigenvalue weighted by Gasteiger charge is 2.42. The van der Waals surface area contributed by atoms with Crippen molar-refractivity contribution in [3.8, 4) is 0 Å². The van der Waals surface area contributed by atoms with Crippen LogP contribution in [0.5, 0.6) is 0 Å². The maximum Gasteiger partial charge on any atom is 0.326 e. The fraction of sp³-hybridized carbons (Fsp3) is 0.698. The van der Waals surface area contributed by atoms with Crippen LogP contribution in [0.4, 0.5) is 0 Å². The number of likely N-dealkylation sites (tertiary alicyclic amines) is 1. The van der Waals surface area contributed by atoms with Crippen molar-refractivity contribution in [1.82, 2.24) is 4.90 Å². The highest BCUT2D eigenvalue weighted by Crippen LogP contribution is 2.30. The van der Waals surface area contributed by atoms with Gasteiger partial charge in [-0.2, -0.15) is 0 Å². The first-order valence-corrected chi connectivity index (χ1v) is 19.7. The molecule has 298 valence electrons. The number of allylic oxidation sites excluding steroid dienone is 6. The van der Waals surface area contributed by atoms with Crippen molar-refractivity contribution in [1.29, 1.82) is 0 Å². The van der Waals surface area contributed by atoms with E-state index in [2.05, 4.69) is 20.8 Å². The van der Waals surface area contributed by atoms with Gasteiger partial charge in [-0.25, -0.2) is 4.79 Å². The van der Waals surface area contributed by atoms with E-state index in [1.165, 1.54) is 4.90 Å². The standard InChI is InChI=1S/C43H67NO9/c1-27(2)18-21-36(45)32(7)24-33(8)38(47)26-37(46)31(6)23-28(3)15-11-10-12-16-29(4)39(52-9)25-34-20-19-30(5)41(53-34)40(48)42(49)44-22-14-13-17-35(44)43(50)51/h10-12,15-16,24,27-28,30-32,34-35,38-39,41,47H,13-14,17-23,25-26H2,1-9H3,(H,50,51)/b12-10+,15-11+,29-16+,33-24+/t28-,30-,31-,32-,34+,35+,38+,39+,41-/m1/s1. The van der Waals surface area contributed by atoms with E-state index in [0.717, 1.165) is 18.4 Å². The van der Waals surface area contributed by atoms with Gasteiger partial charge in [-0.15, -0.1) is 0 Å². The fourth-order valence-electron chi connectivity index (χ4n) is 7.11. The number of methoxy groups -OCH3 is 1. The summed E-state index contributed by atoms with van der Waals surface area (Å²) in [5, 5.41) is 20.2. The predicted octanol–water partition coefficient (Wildman–Crippen LogP) is 7.24. The number of hydrogen-bond acceptors (Lipinski definition) is 8. The molecule has 53 heavy (non-hydrogen) atoms. The monoisotopic (exact) mass is 741 g/mol. The molecule has 2 aliphatic rings. The SMILES string of the molecule is CO[C@@H](C[C@@H]1CC[C@@H](C)[C@H](C(=O)C(=O)N2CCCC[C@H]2C(=O)O)O1)/C(C)=C/C=C/C=C/[C@@H](C)C[C@@H](C)C(=O)C[C@H](O)/C(C)=C/[C@@H](C)C(=O)CCC(C)C. The average Bonchev–Trinajstić information content (AvgIpc) is 3.12. The molecule has 10 heteroatoms. The van der Waals surface area contributed by atoms with Crippen LogP contribution in [0, 0.1) is 29.6 Å². The molecule has 0 spiro atoms. The number of carbonyl (C=O) groups is 5. The summed E-state index contributed by atoms with van der Waals surface area (Å²) in [4.78, 5) is 64.7. The van der Waals surface area contributed by atoms with Crippen LogP contribution in [0.2, 0.25) is 0 Å². The number of ether oxygens (including phenoxy) is 2. The van der Waals surface area contributed by atoms with Gasteiger partial charge < -0.3 is 24.6 Å². The van der Waals surface area contributed by atoms with Gasteiger partial charge in [-0.3, -0.25) is 19.2 Å². The van der Waals surface area contributed by atoms with E-state index in [4.69, 9.17) is 9.47 Å². The molecule has 2 fully saturated rings. The molecule has 2 aliphatic heterocycles. The minimum atomic E-state index is -1.09. The van der Waals surface area contributed by atoms with E-state index in [-0.39, 0.29) is 60.4 Å². The Kier molecular flexibility index (Phi) is 19.8. The minimum absolute atomic E-state index is 0.00323. The van der Waals surface area contributed by atoms with E-state index in [1.807, 2.05) is 58.1 Å². The molecule has 2 heterocycles. The molecule has 0 aromatic carbocycles. The molecule has 0 aromatic rings. The molecular weight excluding hydrogens is 674 g/mol. The van der Waals surface area contributed by atoms with Crippen molar-refractivity contribution < 1.29 is 43.7 Å². The Balaban J connectivity index is 1.88. The van der Waals surface area contributed by atoms with Gasteiger partial charge in [0.2, 0.25) is 5.78 Å². The number of amides is 1. The Labute approximate surface area is 318 Å². The van der Waals surface area contributed by atoms with Crippen LogP contribution < -0.4 is 0 Å². The lowest BCUT2D eigenvalue weighted by Crippen LogP contribution is -2.54. The third-order valence-corrected chi connectivity index (χ3v) is 10.8. The lowest BCUT2D eigenvalue weighted by Gasteiger charge is -2.37. The minimum Gasteiger partial charge on any atom is -0.480 e. The first-order chi connectivity index (χ1) is 25.0. The quantitative estimate of drug-likeness (QED) is 0.0706. The summed E-state index contributed by atoms with van der Waals surface area (Å²) >= 11 is 0. The van der Waals surface area contributed by atoms with Gasteiger partial charge in [0.1, 0.15) is 23.7 Å². The van der Waals surface area contributed by atoms with Crippen molar-refractivity contribution in [3.63, 3.8) is 0 Å². The first kappa shape index (κ1) is 45.9. The van der Waals surface area contributed by atoms with Crippen molar-refractivity contribution in [2.45, 2.75) is 150 Å². The molecule has 1 amide bonds. The summed E-state index contributed by atoms with van der Waals surface area (Å²) in [7, 11) is 1.63. The normalized spacial score (nSPS) is 24.6. The zero-order chi connectivity index (χ0) is 39.8. The van der Waals surface area contributed by atoms with Crippen molar-refractivity contribution in [3.05, 3.63) is 47.6 Å². The van der Waals surface area contributed by atoms with Gasteiger partial charge in [-0.1, -0.05) is 78.0 Å². The van der Waals surface area contributed by atoms with Crippen LogP contribution in [0.3, 0.4) is 0 Å². The largest absolute Gasteiger partial charge is 0.480 e. The second kappa shape index (κ2) is 22.9. The molecule has 2 rings (SSSR count). The fourth-order valence-corrected chi connectivity index (χ4v) is 7.11. The van der Waals surface area contributed by atoms with Gasteiger partial charge in [0.05, 0.1) is 18.3 Å². The number of aliphatic hydroxyl groups excluding tert-OH is 1. The van der Waals surface area contributed by atoms with E-state index in [9.17, 15) is 34.2 Å². The van der Waals surface area contributed by atoms with Crippen molar-refractivity contribution >= 4 is 29.2 Å². The average molecular weight is 742 g/mol. The molecule has 2 saturated heterocycles. The zero-order valence-corrected chi connectivity index (χ0v) is 33.7. The van der Waals surface area contributed by atoms with Crippen molar-refractivity contribution in [2.24, 2.45) is 29.6 Å². The Morgan fingerprint density at radius 2 is 1.62 bits per heavy atom. The maximum atomic E-state index is 13.3. The number of aliphatic hydroxyl groups is 1. The number of nitrogens with zero attached hydrogens (tertiary/aromatic N) is 1. The number of carboxylic acid groups (broad SMARTS) is 1. The van der Waals surface area contributed by atoms with E-state index in [0.29, 0.717) is 56.4 Å².